The van der Waals surface area contributed by atoms with E-state index in [9.17, 15) is 0 Å². The number of ether oxygens (including phenoxy) is 1. The lowest BCUT2D eigenvalue weighted by molar-refractivity contribution is 0.417. The molecule has 0 bridgehead atoms. The fraction of sp³-hybridized carbons (Fsp3) is 0.143. The third-order valence-corrected chi connectivity index (χ3v) is 1.68. The molecule has 0 aliphatic carbocycles. The maximum absolute atomic E-state index is 5.68. The molecule has 0 atom stereocenters. The van der Waals surface area contributed by atoms with E-state index in [0.717, 1.165) is 0 Å². The van der Waals surface area contributed by atoms with Gasteiger partial charge in [0.25, 0.3) is 0 Å². The number of nitrogen functional groups attached to an aromatic ring is 2. The van der Waals surface area contributed by atoms with Crippen LogP contribution in [-0.2, 0) is 0 Å². The molecule has 0 aromatic heterocycles. The van der Waals surface area contributed by atoms with Crippen molar-refractivity contribution in [1.29, 1.82) is 0 Å². The summed E-state index contributed by atoms with van der Waals surface area (Å²) in [6.07, 6.45) is 0. The molecule has 0 unspecified atom stereocenters. The highest BCUT2D eigenvalue weighted by Crippen LogP contribution is 2.30. The second-order valence-electron chi connectivity index (χ2n) is 2.12. The van der Waals surface area contributed by atoms with E-state index in [1.54, 1.807) is 12.1 Å². The fourth-order valence-electron chi connectivity index (χ4n) is 0.761. The minimum absolute atomic E-state index is 0.448. The lowest BCUT2D eigenvalue weighted by atomic mass is 10.2. The number of benzene rings is 1. The second-order valence-corrected chi connectivity index (χ2v) is 2.52. The monoisotopic (exact) mass is 172 g/mol. The Balaban J connectivity index is 3.21. The van der Waals surface area contributed by atoms with E-state index in [2.05, 4.69) is 0 Å². The van der Waals surface area contributed by atoms with Crippen LogP contribution < -0.4 is 16.2 Å². The molecular weight excluding hydrogens is 164 g/mol. The Kier molecular flexibility index (Phi) is 2.10. The second kappa shape index (κ2) is 2.88. The third-order valence-electron chi connectivity index (χ3n) is 1.35. The standard InChI is InChI=1S/C7H9ClN2O/c1-11-7-3-5(9)4(8)2-6(7)10/h2-3H,9-10H2,1H3. The Hall–Kier alpha value is -1.09. The first kappa shape index (κ1) is 8.01. The summed E-state index contributed by atoms with van der Waals surface area (Å²) in [7, 11) is 1.53. The van der Waals surface area contributed by atoms with Crippen LogP contribution in [0.4, 0.5) is 11.4 Å². The van der Waals surface area contributed by atoms with Gasteiger partial charge in [0.15, 0.2) is 0 Å². The minimum atomic E-state index is 0.448. The Morgan fingerprint density at radius 2 is 1.91 bits per heavy atom. The van der Waals surface area contributed by atoms with Crippen molar-refractivity contribution in [3.63, 3.8) is 0 Å². The predicted octanol–water partition coefficient (Wildman–Crippen LogP) is 1.51. The van der Waals surface area contributed by atoms with Gasteiger partial charge in [-0.05, 0) is 6.07 Å². The molecule has 60 valence electrons. The van der Waals surface area contributed by atoms with E-state index in [-0.39, 0.29) is 0 Å². The molecule has 0 heterocycles. The summed E-state index contributed by atoms with van der Waals surface area (Å²) in [6, 6.07) is 3.16. The molecule has 1 aromatic rings. The van der Waals surface area contributed by atoms with Gasteiger partial charge in [-0.25, -0.2) is 0 Å². The Labute approximate surface area is 69.9 Å². The molecule has 0 saturated carbocycles. The molecule has 0 spiro atoms. The van der Waals surface area contributed by atoms with Crippen LogP contribution in [0.15, 0.2) is 12.1 Å². The molecule has 3 nitrogen and oxygen atoms in total. The van der Waals surface area contributed by atoms with Crippen molar-refractivity contribution in [1.82, 2.24) is 0 Å². The average molecular weight is 173 g/mol. The molecule has 0 radical (unpaired) electrons. The predicted molar refractivity (Wildman–Crippen MR) is 46.8 cm³/mol. The lowest BCUT2D eigenvalue weighted by Gasteiger charge is -2.05. The zero-order valence-electron chi connectivity index (χ0n) is 6.10. The van der Waals surface area contributed by atoms with Crippen molar-refractivity contribution in [2.24, 2.45) is 0 Å². The fourth-order valence-corrected chi connectivity index (χ4v) is 0.933. The van der Waals surface area contributed by atoms with Gasteiger partial charge >= 0.3 is 0 Å². The van der Waals surface area contributed by atoms with E-state index in [1.807, 2.05) is 0 Å². The highest BCUT2D eigenvalue weighted by molar-refractivity contribution is 6.33. The van der Waals surface area contributed by atoms with Crippen LogP contribution in [0.25, 0.3) is 0 Å². The molecular formula is C7H9ClN2O. The first-order valence-electron chi connectivity index (χ1n) is 3.03. The molecule has 0 amide bonds. The van der Waals surface area contributed by atoms with Gasteiger partial charge in [0, 0.05) is 6.07 Å². The number of hydrogen-bond acceptors (Lipinski definition) is 3. The van der Waals surface area contributed by atoms with Gasteiger partial charge in [-0.1, -0.05) is 11.6 Å². The van der Waals surface area contributed by atoms with Crippen molar-refractivity contribution < 1.29 is 4.74 Å². The maximum atomic E-state index is 5.68. The van der Waals surface area contributed by atoms with Crippen LogP contribution in [-0.4, -0.2) is 7.11 Å². The largest absolute Gasteiger partial charge is 0.495 e. The number of hydrogen-bond donors (Lipinski definition) is 2. The summed E-state index contributed by atoms with van der Waals surface area (Å²) in [6.45, 7) is 0. The number of anilines is 2. The van der Waals surface area contributed by atoms with Gasteiger partial charge in [-0.3, -0.25) is 0 Å². The Bertz CT molecular complexity index is 275. The molecule has 0 saturated heterocycles. The molecule has 0 aliphatic heterocycles. The van der Waals surface area contributed by atoms with Crippen LogP contribution >= 0.6 is 11.6 Å². The van der Waals surface area contributed by atoms with Gasteiger partial charge in [-0.2, -0.15) is 0 Å². The zero-order valence-corrected chi connectivity index (χ0v) is 6.85. The normalized spacial score (nSPS) is 9.64. The molecule has 1 rings (SSSR count). The molecule has 11 heavy (non-hydrogen) atoms. The number of halogens is 1. The van der Waals surface area contributed by atoms with E-state index in [0.29, 0.717) is 22.1 Å². The molecule has 1 aromatic carbocycles. The SMILES string of the molecule is COc1cc(N)c(Cl)cc1N. The Morgan fingerprint density at radius 3 is 2.45 bits per heavy atom. The average Bonchev–Trinajstić information content (AvgIpc) is 1.97. The van der Waals surface area contributed by atoms with Crippen LogP contribution in [0.3, 0.4) is 0 Å². The summed E-state index contributed by atoms with van der Waals surface area (Å²) >= 11 is 5.68. The van der Waals surface area contributed by atoms with E-state index in [4.69, 9.17) is 27.8 Å². The summed E-state index contributed by atoms with van der Waals surface area (Å²) in [5.74, 6) is 0.548. The lowest BCUT2D eigenvalue weighted by Crippen LogP contribution is -1.95. The van der Waals surface area contributed by atoms with Crippen LogP contribution in [0, 0.1) is 0 Å². The summed E-state index contributed by atoms with van der Waals surface area (Å²) in [4.78, 5) is 0. The quantitative estimate of drug-likeness (QED) is 0.632. The van der Waals surface area contributed by atoms with E-state index >= 15 is 0 Å². The van der Waals surface area contributed by atoms with Crippen molar-refractivity contribution in [2.75, 3.05) is 18.6 Å². The maximum Gasteiger partial charge on any atom is 0.143 e. The first-order chi connectivity index (χ1) is 5.15. The smallest absolute Gasteiger partial charge is 0.143 e. The van der Waals surface area contributed by atoms with Gasteiger partial charge in [0.1, 0.15) is 5.75 Å². The number of rotatable bonds is 1. The molecule has 0 aliphatic rings. The van der Waals surface area contributed by atoms with E-state index < -0.39 is 0 Å². The van der Waals surface area contributed by atoms with Crippen molar-refractivity contribution in [3.05, 3.63) is 17.2 Å². The van der Waals surface area contributed by atoms with Crippen LogP contribution in [0.5, 0.6) is 5.75 Å². The summed E-state index contributed by atoms with van der Waals surface area (Å²) in [5, 5.41) is 0.448. The van der Waals surface area contributed by atoms with Crippen molar-refractivity contribution in [3.8, 4) is 5.75 Å². The van der Waals surface area contributed by atoms with Gasteiger partial charge < -0.3 is 16.2 Å². The summed E-state index contributed by atoms with van der Waals surface area (Å²) < 4.78 is 4.92. The minimum Gasteiger partial charge on any atom is -0.495 e. The van der Waals surface area contributed by atoms with Crippen LogP contribution in [0.2, 0.25) is 5.02 Å². The number of methoxy groups -OCH3 is 1. The number of nitrogens with two attached hydrogens (primary N) is 2. The topological polar surface area (TPSA) is 61.3 Å². The third kappa shape index (κ3) is 1.49. The van der Waals surface area contributed by atoms with Gasteiger partial charge in [0.05, 0.1) is 23.5 Å². The first-order valence-corrected chi connectivity index (χ1v) is 3.41. The van der Waals surface area contributed by atoms with Crippen molar-refractivity contribution in [2.45, 2.75) is 0 Å². The van der Waals surface area contributed by atoms with E-state index in [1.165, 1.54) is 7.11 Å². The molecule has 4 heteroatoms. The van der Waals surface area contributed by atoms with Gasteiger partial charge in [0.2, 0.25) is 0 Å². The van der Waals surface area contributed by atoms with Gasteiger partial charge in [-0.15, -0.1) is 0 Å². The highest BCUT2D eigenvalue weighted by atomic mass is 35.5. The zero-order chi connectivity index (χ0) is 8.43. The molecule has 0 fully saturated rings. The van der Waals surface area contributed by atoms with Crippen molar-refractivity contribution >= 4 is 23.0 Å². The summed E-state index contributed by atoms with van der Waals surface area (Å²) in [5.41, 5.74) is 12.0. The molecule has 4 N–H and O–H groups in total. The van der Waals surface area contributed by atoms with Crippen LogP contribution in [0.1, 0.15) is 0 Å². The highest BCUT2D eigenvalue weighted by Gasteiger charge is 2.02. The Morgan fingerprint density at radius 1 is 1.27 bits per heavy atom.